The molecule has 4 rings (SSSR count). The highest BCUT2D eigenvalue weighted by Gasteiger charge is 2.42. The number of fused-ring (bicyclic) bond motifs is 3. The number of hydrogen-bond donors (Lipinski definition) is 1. The maximum Gasteiger partial charge on any atom is 0.178 e. The van der Waals surface area contributed by atoms with E-state index in [9.17, 15) is 0 Å². The fraction of sp³-hybridized carbons (Fsp3) is 0.562. The van der Waals surface area contributed by atoms with Crippen molar-refractivity contribution >= 4 is 34.9 Å². The van der Waals surface area contributed by atoms with Gasteiger partial charge in [0.25, 0.3) is 0 Å². The summed E-state index contributed by atoms with van der Waals surface area (Å²) in [5.74, 6) is 2.65. The first-order chi connectivity index (χ1) is 9.65. The van der Waals surface area contributed by atoms with Gasteiger partial charge < -0.3 is 9.55 Å². The smallest absolute Gasteiger partial charge is 0.178 e. The molecule has 0 radical (unpaired) electrons. The van der Waals surface area contributed by atoms with Crippen LogP contribution < -0.4 is 0 Å². The fourth-order valence-electron chi connectivity index (χ4n) is 4.59. The molecule has 2 aliphatic rings. The average molecular weight is 307 g/mol. The molecular weight excluding hydrogens is 288 g/mol. The van der Waals surface area contributed by atoms with Gasteiger partial charge in [-0.05, 0) is 68.3 Å². The topological polar surface area (TPSA) is 20.7 Å². The van der Waals surface area contributed by atoms with E-state index in [1.54, 1.807) is 0 Å². The summed E-state index contributed by atoms with van der Waals surface area (Å²) in [6.45, 7) is 2.33. The third-order valence-electron chi connectivity index (χ3n) is 5.52. The van der Waals surface area contributed by atoms with Crippen LogP contribution in [-0.4, -0.2) is 9.55 Å². The molecule has 1 aromatic heterocycles. The van der Waals surface area contributed by atoms with E-state index in [1.807, 2.05) is 12.1 Å². The number of rotatable bonds is 2. The number of hydrogen-bond acceptors (Lipinski definition) is 1. The van der Waals surface area contributed by atoms with E-state index < -0.39 is 0 Å². The van der Waals surface area contributed by atoms with E-state index >= 15 is 0 Å². The van der Waals surface area contributed by atoms with Crippen molar-refractivity contribution in [1.82, 2.24) is 9.55 Å². The van der Waals surface area contributed by atoms with Gasteiger partial charge in [0.05, 0.1) is 16.1 Å². The number of nitrogens with zero attached hydrogens (tertiary/aromatic N) is 1. The molecule has 0 aliphatic heterocycles. The predicted octanol–water partition coefficient (Wildman–Crippen LogP) is 5.35. The van der Waals surface area contributed by atoms with Gasteiger partial charge in [-0.3, -0.25) is 0 Å². The van der Waals surface area contributed by atoms with Crippen LogP contribution in [0, 0.1) is 22.5 Å². The van der Waals surface area contributed by atoms with Crippen LogP contribution in [0.2, 0.25) is 5.02 Å². The second-order valence-electron chi connectivity index (χ2n) is 6.51. The maximum atomic E-state index is 6.28. The lowest BCUT2D eigenvalue weighted by Crippen LogP contribution is -2.22. The second-order valence-corrected chi connectivity index (χ2v) is 7.31. The zero-order chi connectivity index (χ0) is 13.9. The third-order valence-corrected chi connectivity index (χ3v) is 6.14. The summed E-state index contributed by atoms with van der Waals surface area (Å²) in [5.41, 5.74) is 2.13. The Balaban J connectivity index is 1.80. The number of H-pyrrole nitrogens is 1. The summed E-state index contributed by atoms with van der Waals surface area (Å²) < 4.78 is 3.10. The molecule has 1 heterocycles. The molecule has 0 spiro atoms. The molecule has 2 saturated carbocycles. The highest BCUT2D eigenvalue weighted by atomic mass is 35.5. The van der Waals surface area contributed by atoms with Crippen molar-refractivity contribution in [3.8, 4) is 0 Å². The number of halogens is 1. The van der Waals surface area contributed by atoms with Gasteiger partial charge in [-0.1, -0.05) is 24.1 Å². The summed E-state index contributed by atoms with van der Waals surface area (Å²) in [7, 11) is 0. The second kappa shape index (κ2) is 4.60. The molecule has 1 N–H and O–H groups in total. The van der Waals surface area contributed by atoms with Crippen LogP contribution in [-0.2, 0) is 0 Å². The number of aromatic nitrogens is 2. The Morgan fingerprint density at radius 2 is 2.20 bits per heavy atom. The van der Waals surface area contributed by atoms with E-state index in [0.29, 0.717) is 6.04 Å². The first-order valence-corrected chi connectivity index (χ1v) is 8.32. The van der Waals surface area contributed by atoms with Gasteiger partial charge in [-0.2, -0.15) is 0 Å². The van der Waals surface area contributed by atoms with Crippen LogP contribution >= 0.6 is 23.8 Å². The van der Waals surface area contributed by atoms with E-state index in [1.165, 1.54) is 25.7 Å². The van der Waals surface area contributed by atoms with Gasteiger partial charge in [0.1, 0.15) is 0 Å². The highest BCUT2D eigenvalue weighted by molar-refractivity contribution is 7.71. The largest absolute Gasteiger partial charge is 0.329 e. The SMILES string of the molecule is CC(C1CC2CCC1C2)n1c(=S)[nH]c2c(Cl)cccc21. The van der Waals surface area contributed by atoms with Crippen molar-refractivity contribution in [2.24, 2.45) is 17.8 Å². The van der Waals surface area contributed by atoms with Crippen molar-refractivity contribution < 1.29 is 0 Å². The van der Waals surface area contributed by atoms with Crippen molar-refractivity contribution in [3.63, 3.8) is 0 Å². The minimum atomic E-state index is 0.463. The first kappa shape index (κ1) is 12.9. The lowest BCUT2D eigenvalue weighted by molar-refractivity contribution is 0.245. The number of aromatic amines is 1. The Morgan fingerprint density at radius 1 is 1.35 bits per heavy atom. The van der Waals surface area contributed by atoms with Crippen molar-refractivity contribution in [2.75, 3.05) is 0 Å². The molecule has 2 aromatic rings. The zero-order valence-corrected chi connectivity index (χ0v) is 13.2. The Kier molecular flexibility index (Phi) is 2.97. The van der Waals surface area contributed by atoms with Crippen LogP contribution in [0.5, 0.6) is 0 Å². The Bertz CT molecular complexity index is 717. The summed E-state index contributed by atoms with van der Waals surface area (Å²) in [5, 5.41) is 0.757. The van der Waals surface area contributed by atoms with E-state index in [-0.39, 0.29) is 0 Å². The van der Waals surface area contributed by atoms with Crippen LogP contribution in [0.4, 0.5) is 0 Å². The van der Waals surface area contributed by atoms with E-state index in [0.717, 1.165) is 38.6 Å². The van der Waals surface area contributed by atoms with E-state index in [2.05, 4.69) is 22.5 Å². The minimum Gasteiger partial charge on any atom is -0.329 e. The molecule has 106 valence electrons. The monoisotopic (exact) mass is 306 g/mol. The van der Waals surface area contributed by atoms with Crippen molar-refractivity contribution in [3.05, 3.63) is 28.0 Å². The van der Waals surface area contributed by atoms with Gasteiger partial charge in [0, 0.05) is 6.04 Å². The average Bonchev–Trinajstić information content (AvgIpc) is 3.11. The standard InChI is InChI=1S/C16H19ClN2S/c1-9(12-8-10-5-6-11(12)7-10)19-14-4-2-3-13(17)15(14)18-16(19)20/h2-4,9-12H,5-8H2,1H3,(H,18,20). The molecule has 1 aromatic carbocycles. The Labute approximate surface area is 129 Å². The number of nitrogens with one attached hydrogen (secondary N) is 1. The quantitative estimate of drug-likeness (QED) is 0.742. The van der Waals surface area contributed by atoms with Crippen LogP contribution in [0.3, 0.4) is 0 Å². The lowest BCUT2D eigenvalue weighted by atomic mass is 9.84. The fourth-order valence-corrected chi connectivity index (χ4v) is 5.18. The molecule has 20 heavy (non-hydrogen) atoms. The van der Waals surface area contributed by atoms with Gasteiger partial charge in [-0.15, -0.1) is 0 Å². The molecule has 0 saturated heterocycles. The zero-order valence-electron chi connectivity index (χ0n) is 11.6. The summed E-state index contributed by atoms with van der Waals surface area (Å²) >= 11 is 11.8. The van der Waals surface area contributed by atoms with Crippen LogP contribution in [0.15, 0.2) is 18.2 Å². The molecule has 4 unspecified atom stereocenters. The third kappa shape index (κ3) is 1.79. The Morgan fingerprint density at radius 3 is 2.90 bits per heavy atom. The first-order valence-electron chi connectivity index (χ1n) is 7.54. The molecule has 4 heteroatoms. The van der Waals surface area contributed by atoms with Crippen LogP contribution in [0.1, 0.15) is 38.6 Å². The number of benzene rings is 1. The molecular formula is C16H19ClN2S. The summed E-state index contributed by atoms with van der Waals surface area (Å²) in [6, 6.07) is 6.51. The lowest BCUT2D eigenvalue weighted by Gasteiger charge is -2.29. The molecule has 2 bridgehead atoms. The Hall–Kier alpha value is -0.800. The maximum absolute atomic E-state index is 6.28. The molecule has 2 aliphatic carbocycles. The van der Waals surface area contributed by atoms with Gasteiger partial charge in [0.15, 0.2) is 4.77 Å². The van der Waals surface area contributed by atoms with Crippen molar-refractivity contribution in [1.29, 1.82) is 0 Å². The van der Waals surface area contributed by atoms with E-state index in [4.69, 9.17) is 23.8 Å². The molecule has 2 fully saturated rings. The van der Waals surface area contributed by atoms with Gasteiger partial charge in [0.2, 0.25) is 0 Å². The number of para-hydroxylation sites is 1. The highest BCUT2D eigenvalue weighted by Crippen LogP contribution is 2.52. The molecule has 0 amide bonds. The summed E-state index contributed by atoms with van der Waals surface area (Å²) in [6.07, 6.45) is 5.67. The van der Waals surface area contributed by atoms with Crippen molar-refractivity contribution in [2.45, 2.75) is 38.6 Å². The van der Waals surface area contributed by atoms with Gasteiger partial charge >= 0.3 is 0 Å². The normalized spacial score (nSPS) is 30.2. The number of imidazole rings is 1. The van der Waals surface area contributed by atoms with Gasteiger partial charge in [-0.25, -0.2) is 0 Å². The predicted molar refractivity (Wildman–Crippen MR) is 85.8 cm³/mol. The molecule has 4 atom stereocenters. The summed E-state index contributed by atoms with van der Waals surface area (Å²) in [4.78, 5) is 3.29. The molecule has 2 nitrogen and oxygen atoms in total. The minimum absolute atomic E-state index is 0.463. The van der Waals surface area contributed by atoms with Crippen LogP contribution in [0.25, 0.3) is 11.0 Å².